The van der Waals surface area contributed by atoms with Gasteiger partial charge in [-0.1, -0.05) is 25.5 Å². The minimum Gasteiger partial charge on any atom is -0.351 e. The fourth-order valence-corrected chi connectivity index (χ4v) is 2.00. The summed E-state index contributed by atoms with van der Waals surface area (Å²) < 4.78 is 39.0. The van der Waals surface area contributed by atoms with E-state index >= 15 is 0 Å². The summed E-state index contributed by atoms with van der Waals surface area (Å²) in [5.41, 5.74) is -0.855. The second-order valence-electron chi connectivity index (χ2n) is 5.07. The zero-order valence-electron chi connectivity index (χ0n) is 13.0. The van der Waals surface area contributed by atoms with E-state index in [1.807, 2.05) is 6.92 Å². The van der Waals surface area contributed by atoms with Crippen LogP contribution >= 0.6 is 0 Å². The molecule has 128 valence electrons. The molecule has 0 saturated heterocycles. The highest BCUT2D eigenvalue weighted by atomic mass is 19.4. The predicted octanol–water partition coefficient (Wildman–Crippen LogP) is 3.77. The number of hydrogen-bond donors (Lipinski definition) is 2. The van der Waals surface area contributed by atoms with Crippen molar-refractivity contribution in [1.82, 2.24) is 15.3 Å². The number of carbonyl (C=O) groups is 1. The molecule has 0 spiro atoms. The van der Waals surface area contributed by atoms with Gasteiger partial charge in [-0.15, -0.1) is 0 Å². The van der Waals surface area contributed by atoms with Crippen molar-refractivity contribution in [2.75, 3.05) is 11.9 Å². The molecule has 0 bridgehead atoms. The van der Waals surface area contributed by atoms with Gasteiger partial charge in [0.1, 0.15) is 17.8 Å². The van der Waals surface area contributed by atoms with Crippen LogP contribution in [-0.4, -0.2) is 22.4 Å². The van der Waals surface area contributed by atoms with E-state index in [0.29, 0.717) is 6.54 Å². The summed E-state index contributed by atoms with van der Waals surface area (Å²) in [5.74, 6) is -0.277. The van der Waals surface area contributed by atoms with E-state index in [0.717, 1.165) is 25.2 Å². The number of nitrogens with one attached hydrogen (secondary N) is 2. The molecule has 2 rings (SSSR count). The molecule has 1 amide bonds. The van der Waals surface area contributed by atoms with Crippen LogP contribution in [0.4, 0.5) is 24.7 Å². The number of carbonyl (C=O) groups excluding carboxylic acids is 1. The number of nitrogens with zero attached hydrogens (tertiary/aromatic N) is 2. The third-order valence-electron chi connectivity index (χ3n) is 3.21. The first-order valence-corrected chi connectivity index (χ1v) is 7.45. The number of halogens is 3. The zero-order valence-corrected chi connectivity index (χ0v) is 13.0. The number of amides is 1. The molecule has 24 heavy (non-hydrogen) atoms. The molecule has 0 aliphatic carbocycles. The Morgan fingerprint density at radius 3 is 2.67 bits per heavy atom. The van der Waals surface area contributed by atoms with Gasteiger partial charge in [-0.25, -0.2) is 9.97 Å². The van der Waals surface area contributed by atoms with E-state index < -0.39 is 17.6 Å². The maximum atomic E-state index is 13.0. The summed E-state index contributed by atoms with van der Waals surface area (Å²) in [4.78, 5) is 19.7. The third-order valence-corrected chi connectivity index (χ3v) is 3.21. The highest BCUT2D eigenvalue weighted by Crippen LogP contribution is 2.35. The molecular weight excluding hydrogens is 321 g/mol. The van der Waals surface area contributed by atoms with Crippen molar-refractivity contribution in [3.63, 3.8) is 0 Å². The van der Waals surface area contributed by atoms with E-state index in [-0.39, 0.29) is 17.2 Å². The van der Waals surface area contributed by atoms with E-state index in [9.17, 15) is 18.0 Å². The third kappa shape index (κ3) is 4.68. The first-order valence-electron chi connectivity index (χ1n) is 7.45. The SMILES string of the molecule is CCCCNC(=O)c1cc(Nc2ccccc2C(F)(F)F)ncn1. The summed E-state index contributed by atoms with van der Waals surface area (Å²) in [6.07, 6.45) is -1.59. The van der Waals surface area contributed by atoms with Gasteiger partial charge in [0.25, 0.3) is 5.91 Å². The number of hydrogen-bond acceptors (Lipinski definition) is 4. The molecule has 0 unspecified atom stereocenters. The van der Waals surface area contributed by atoms with E-state index in [4.69, 9.17) is 0 Å². The van der Waals surface area contributed by atoms with Crippen LogP contribution in [0.15, 0.2) is 36.7 Å². The zero-order chi connectivity index (χ0) is 17.6. The predicted molar refractivity (Wildman–Crippen MR) is 84.0 cm³/mol. The Hall–Kier alpha value is -2.64. The second-order valence-corrected chi connectivity index (χ2v) is 5.07. The van der Waals surface area contributed by atoms with Crippen LogP contribution in [0.3, 0.4) is 0 Å². The lowest BCUT2D eigenvalue weighted by molar-refractivity contribution is -0.136. The lowest BCUT2D eigenvalue weighted by Crippen LogP contribution is -2.25. The van der Waals surface area contributed by atoms with Crippen LogP contribution < -0.4 is 10.6 Å². The maximum absolute atomic E-state index is 13.0. The average Bonchev–Trinajstić information content (AvgIpc) is 2.55. The van der Waals surface area contributed by atoms with Gasteiger partial charge < -0.3 is 10.6 Å². The summed E-state index contributed by atoms with van der Waals surface area (Å²) in [6, 6.07) is 6.37. The molecule has 1 aromatic heterocycles. The standard InChI is InChI=1S/C16H17F3N4O/c1-2-3-8-20-15(24)13-9-14(22-10-21-13)23-12-7-5-4-6-11(12)16(17,18)19/h4-7,9-10H,2-3,8H2,1H3,(H,20,24)(H,21,22,23). The van der Waals surface area contributed by atoms with Crippen molar-refractivity contribution in [1.29, 1.82) is 0 Å². The number of anilines is 2. The minimum absolute atomic E-state index is 0.0908. The molecule has 0 saturated carbocycles. The van der Waals surface area contributed by atoms with Crippen molar-refractivity contribution in [2.45, 2.75) is 25.9 Å². The van der Waals surface area contributed by atoms with Crippen LogP contribution in [0.25, 0.3) is 0 Å². The van der Waals surface area contributed by atoms with E-state index in [1.54, 1.807) is 0 Å². The van der Waals surface area contributed by atoms with Gasteiger partial charge in [-0.3, -0.25) is 4.79 Å². The molecule has 0 radical (unpaired) electrons. The molecule has 0 fully saturated rings. The minimum atomic E-state index is -4.49. The molecule has 0 aliphatic heterocycles. The van der Waals surface area contributed by atoms with Crippen LogP contribution in [0.5, 0.6) is 0 Å². The van der Waals surface area contributed by atoms with Gasteiger partial charge in [0.15, 0.2) is 0 Å². The van der Waals surface area contributed by atoms with Crippen LogP contribution in [0, 0.1) is 0 Å². The number of rotatable bonds is 6. The largest absolute Gasteiger partial charge is 0.418 e. The second kappa shape index (κ2) is 7.76. The van der Waals surface area contributed by atoms with Crippen molar-refractivity contribution >= 4 is 17.4 Å². The number of benzene rings is 1. The number of para-hydroxylation sites is 1. The lowest BCUT2D eigenvalue weighted by Gasteiger charge is -2.14. The van der Waals surface area contributed by atoms with Gasteiger partial charge in [0.05, 0.1) is 11.3 Å². The fraction of sp³-hybridized carbons (Fsp3) is 0.312. The van der Waals surface area contributed by atoms with Crippen molar-refractivity contribution in [2.24, 2.45) is 0 Å². The molecule has 2 aromatic rings. The van der Waals surface area contributed by atoms with Crippen molar-refractivity contribution < 1.29 is 18.0 Å². The quantitative estimate of drug-likeness (QED) is 0.787. The Morgan fingerprint density at radius 1 is 1.21 bits per heavy atom. The Bertz CT molecular complexity index is 704. The molecule has 1 aromatic carbocycles. The average molecular weight is 338 g/mol. The summed E-state index contributed by atoms with van der Waals surface area (Å²) in [6.45, 7) is 2.51. The maximum Gasteiger partial charge on any atom is 0.418 e. The van der Waals surface area contributed by atoms with Gasteiger partial charge in [0, 0.05) is 12.6 Å². The van der Waals surface area contributed by atoms with Gasteiger partial charge in [-0.2, -0.15) is 13.2 Å². The summed E-state index contributed by atoms with van der Waals surface area (Å²) >= 11 is 0. The first-order chi connectivity index (χ1) is 11.4. The molecular formula is C16H17F3N4O. The van der Waals surface area contributed by atoms with Crippen LogP contribution in [0.1, 0.15) is 35.8 Å². The summed E-state index contributed by atoms with van der Waals surface area (Å²) in [5, 5.41) is 5.28. The Morgan fingerprint density at radius 2 is 1.96 bits per heavy atom. The van der Waals surface area contributed by atoms with Crippen LogP contribution in [-0.2, 0) is 6.18 Å². The van der Waals surface area contributed by atoms with E-state index in [1.165, 1.54) is 24.3 Å². The molecule has 0 atom stereocenters. The smallest absolute Gasteiger partial charge is 0.351 e. The first kappa shape index (κ1) is 17.7. The van der Waals surface area contributed by atoms with Crippen molar-refractivity contribution in [3.8, 4) is 0 Å². The Kier molecular flexibility index (Phi) is 5.73. The number of unbranched alkanes of at least 4 members (excludes halogenated alkanes) is 1. The molecule has 1 heterocycles. The number of alkyl halides is 3. The lowest BCUT2D eigenvalue weighted by atomic mass is 10.1. The van der Waals surface area contributed by atoms with Gasteiger partial charge in [-0.05, 0) is 18.6 Å². The van der Waals surface area contributed by atoms with Crippen LogP contribution in [0.2, 0.25) is 0 Å². The van der Waals surface area contributed by atoms with E-state index in [2.05, 4.69) is 20.6 Å². The fourth-order valence-electron chi connectivity index (χ4n) is 2.00. The topological polar surface area (TPSA) is 66.9 Å². The normalized spacial score (nSPS) is 11.2. The van der Waals surface area contributed by atoms with Gasteiger partial charge in [0.2, 0.25) is 0 Å². The highest BCUT2D eigenvalue weighted by molar-refractivity contribution is 5.92. The Balaban J connectivity index is 2.17. The highest BCUT2D eigenvalue weighted by Gasteiger charge is 2.33. The molecule has 5 nitrogen and oxygen atoms in total. The van der Waals surface area contributed by atoms with Crippen molar-refractivity contribution in [3.05, 3.63) is 47.9 Å². The molecule has 8 heteroatoms. The molecule has 2 N–H and O–H groups in total. The van der Waals surface area contributed by atoms with Gasteiger partial charge >= 0.3 is 6.18 Å². The number of aromatic nitrogens is 2. The summed E-state index contributed by atoms with van der Waals surface area (Å²) in [7, 11) is 0. The monoisotopic (exact) mass is 338 g/mol. The Labute approximate surface area is 137 Å². The molecule has 0 aliphatic rings.